The number of hydrogen-bond donors (Lipinski definition) is 0. The van der Waals surface area contributed by atoms with Gasteiger partial charge in [0.1, 0.15) is 5.75 Å². The second-order valence-corrected chi connectivity index (χ2v) is 12.7. The van der Waals surface area contributed by atoms with Gasteiger partial charge in [-0.2, -0.15) is 4.31 Å². The van der Waals surface area contributed by atoms with Gasteiger partial charge in [-0.15, -0.1) is 0 Å². The lowest BCUT2D eigenvalue weighted by Gasteiger charge is -2.36. The summed E-state index contributed by atoms with van der Waals surface area (Å²) in [5, 5.41) is 0. The van der Waals surface area contributed by atoms with Crippen molar-refractivity contribution >= 4 is 21.7 Å². The number of piperazine rings is 1. The Morgan fingerprint density at radius 2 is 1.59 bits per heavy atom. The number of carbonyl (C=O) groups is 1. The SMILES string of the molecule is CCCCCOc1cc(N2CCCN(Cc3ccc(CN4CCN(S(C)(=O)=O)CC4)cc3OC)C2=O)ccc1OC. The molecule has 0 saturated carbocycles. The third-order valence-electron chi connectivity index (χ3n) is 7.69. The Morgan fingerprint density at radius 1 is 0.829 bits per heavy atom. The number of methoxy groups -OCH3 is 2. The van der Waals surface area contributed by atoms with Crippen molar-refractivity contribution in [3.05, 3.63) is 47.5 Å². The molecule has 0 unspecified atom stereocenters. The van der Waals surface area contributed by atoms with E-state index < -0.39 is 10.0 Å². The number of unbranched alkanes of at least 4 members (excludes halogenated alkanes) is 2. The van der Waals surface area contributed by atoms with Gasteiger partial charge in [0, 0.05) is 63.1 Å². The number of nitrogens with zero attached hydrogens (tertiary/aromatic N) is 4. The van der Waals surface area contributed by atoms with Crippen LogP contribution in [-0.2, 0) is 23.1 Å². The van der Waals surface area contributed by atoms with Crippen LogP contribution in [-0.4, -0.2) is 94.9 Å². The van der Waals surface area contributed by atoms with Crippen LogP contribution in [0.3, 0.4) is 0 Å². The first-order chi connectivity index (χ1) is 19.7. The first-order valence-corrected chi connectivity index (χ1v) is 16.3. The number of urea groups is 1. The lowest BCUT2D eigenvalue weighted by atomic mass is 10.1. The lowest BCUT2D eigenvalue weighted by molar-refractivity contribution is 0.182. The van der Waals surface area contributed by atoms with Gasteiger partial charge in [-0.25, -0.2) is 13.2 Å². The van der Waals surface area contributed by atoms with Gasteiger partial charge in [-0.1, -0.05) is 31.9 Å². The van der Waals surface area contributed by atoms with E-state index >= 15 is 0 Å². The molecule has 2 amide bonds. The summed E-state index contributed by atoms with van der Waals surface area (Å²) in [4.78, 5) is 19.5. The van der Waals surface area contributed by atoms with Crippen molar-refractivity contribution in [2.45, 2.75) is 45.7 Å². The van der Waals surface area contributed by atoms with Gasteiger partial charge in [0.15, 0.2) is 11.5 Å². The Labute approximate surface area is 244 Å². The van der Waals surface area contributed by atoms with E-state index in [9.17, 15) is 13.2 Å². The smallest absolute Gasteiger partial charge is 0.324 e. The number of amides is 2. The van der Waals surface area contributed by atoms with E-state index in [-0.39, 0.29) is 6.03 Å². The molecule has 0 bridgehead atoms. The predicted molar refractivity (Wildman–Crippen MR) is 160 cm³/mol. The third kappa shape index (κ3) is 8.05. The first-order valence-electron chi connectivity index (χ1n) is 14.4. The summed E-state index contributed by atoms with van der Waals surface area (Å²) in [6.45, 7) is 7.61. The van der Waals surface area contributed by atoms with Gasteiger partial charge < -0.3 is 19.1 Å². The zero-order chi connectivity index (χ0) is 29.4. The minimum Gasteiger partial charge on any atom is -0.496 e. The highest BCUT2D eigenvalue weighted by molar-refractivity contribution is 7.88. The van der Waals surface area contributed by atoms with Crippen molar-refractivity contribution in [1.82, 2.24) is 14.1 Å². The number of sulfonamides is 1. The molecule has 2 aromatic rings. The Hall–Kier alpha value is -3.02. The van der Waals surface area contributed by atoms with E-state index in [4.69, 9.17) is 14.2 Å². The fraction of sp³-hybridized carbons (Fsp3) is 0.567. The van der Waals surface area contributed by atoms with Crippen LogP contribution in [0.1, 0.15) is 43.7 Å². The minimum atomic E-state index is -3.15. The zero-order valence-corrected chi connectivity index (χ0v) is 25.6. The van der Waals surface area contributed by atoms with Gasteiger partial charge in [0.05, 0.1) is 33.6 Å². The highest BCUT2D eigenvalue weighted by atomic mass is 32.2. The summed E-state index contributed by atoms with van der Waals surface area (Å²) in [5.74, 6) is 2.06. The second kappa shape index (κ2) is 14.2. The van der Waals surface area contributed by atoms with Crippen LogP contribution in [0.5, 0.6) is 17.2 Å². The van der Waals surface area contributed by atoms with Gasteiger partial charge in [0.25, 0.3) is 0 Å². The molecule has 41 heavy (non-hydrogen) atoms. The minimum absolute atomic E-state index is 0.0479. The van der Waals surface area contributed by atoms with Crippen molar-refractivity contribution in [3.8, 4) is 17.2 Å². The van der Waals surface area contributed by atoms with Crippen LogP contribution >= 0.6 is 0 Å². The van der Waals surface area contributed by atoms with E-state index in [1.54, 1.807) is 19.1 Å². The molecule has 0 spiro atoms. The van der Waals surface area contributed by atoms with E-state index in [0.717, 1.165) is 48.2 Å². The molecular formula is C30H44N4O6S. The highest BCUT2D eigenvalue weighted by Crippen LogP contribution is 2.34. The van der Waals surface area contributed by atoms with Crippen LogP contribution < -0.4 is 19.1 Å². The molecule has 0 aromatic heterocycles. The van der Waals surface area contributed by atoms with Gasteiger partial charge in [0.2, 0.25) is 10.0 Å². The molecule has 0 radical (unpaired) electrons. The van der Waals surface area contributed by atoms with E-state index in [2.05, 4.69) is 17.9 Å². The maximum Gasteiger partial charge on any atom is 0.324 e. The molecule has 0 aliphatic carbocycles. The summed E-state index contributed by atoms with van der Waals surface area (Å²) in [6, 6.07) is 11.7. The van der Waals surface area contributed by atoms with Crippen LogP contribution in [0.25, 0.3) is 0 Å². The standard InChI is InChI=1S/C30H44N4O6S/c1-5-6-7-19-40-29-21-26(11-12-27(29)38-2)34-14-8-13-32(30(34)35)23-25-10-9-24(20-28(25)39-3)22-31-15-17-33(18-16-31)41(4,36)37/h9-12,20-21H,5-8,13-19,22-23H2,1-4H3. The van der Waals surface area contributed by atoms with E-state index in [1.807, 2.05) is 35.2 Å². The highest BCUT2D eigenvalue weighted by Gasteiger charge is 2.29. The summed E-state index contributed by atoms with van der Waals surface area (Å²) in [7, 11) is 0.123. The monoisotopic (exact) mass is 588 g/mol. The molecule has 2 saturated heterocycles. The maximum absolute atomic E-state index is 13.6. The summed E-state index contributed by atoms with van der Waals surface area (Å²) in [6.07, 6.45) is 5.31. The summed E-state index contributed by atoms with van der Waals surface area (Å²) in [5.41, 5.74) is 2.84. The number of carbonyl (C=O) groups excluding carboxylic acids is 1. The largest absolute Gasteiger partial charge is 0.496 e. The lowest BCUT2D eigenvalue weighted by Crippen LogP contribution is -2.49. The fourth-order valence-corrected chi connectivity index (χ4v) is 6.18. The molecule has 226 valence electrons. The molecule has 10 nitrogen and oxygen atoms in total. The van der Waals surface area contributed by atoms with Crippen molar-refractivity contribution < 1.29 is 27.4 Å². The first kappa shape index (κ1) is 30.9. The Bertz CT molecular complexity index is 1280. The molecule has 4 rings (SSSR count). The average molecular weight is 589 g/mol. The van der Waals surface area contributed by atoms with Crippen LogP contribution in [0, 0.1) is 0 Å². The van der Waals surface area contributed by atoms with Crippen molar-refractivity contribution in [1.29, 1.82) is 0 Å². The third-order valence-corrected chi connectivity index (χ3v) is 9.00. The van der Waals surface area contributed by atoms with Crippen LogP contribution in [0.2, 0.25) is 0 Å². The number of anilines is 1. The average Bonchev–Trinajstić information content (AvgIpc) is 2.97. The summed E-state index contributed by atoms with van der Waals surface area (Å²) < 4.78 is 42.4. The molecule has 2 fully saturated rings. The molecule has 2 aliphatic rings. The molecule has 2 heterocycles. The van der Waals surface area contributed by atoms with Gasteiger partial charge in [-0.3, -0.25) is 9.80 Å². The van der Waals surface area contributed by atoms with Gasteiger partial charge >= 0.3 is 6.03 Å². The molecule has 0 atom stereocenters. The maximum atomic E-state index is 13.6. The summed E-state index contributed by atoms with van der Waals surface area (Å²) >= 11 is 0. The molecular weight excluding hydrogens is 544 g/mol. The second-order valence-electron chi connectivity index (χ2n) is 10.7. The van der Waals surface area contributed by atoms with E-state index in [0.29, 0.717) is 70.5 Å². The van der Waals surface area contributed by atoms with Crippen molar-refractivity contribution in [3.63, 3.8) is 0 Å². The quantitative estimate of drug-likeness (QED) is 0.324. The topological polar surface area (TPSA) is 91.9 Å². The molecule has 2 aromatic carbocycles. The Kier molecular flexibility index (Phi) is 10.7. The Balaban J connectivity index is 1.41. The zero-order valence-electron chi connectivity index (χ0n) is 24.8. The fourth-order valence-electron chi connectivity index (χ4n) is 5.35. The van der Waals surface area contributed by atoms with Crippen molar-refractivity contribution in [2.75, 3.05) is 71.3 Å². The molecule has 11 heteroatoms. The van der Waals surface area contributed by atoms with E-state index in [1.165, 1.54) is 10.6 Å². The molecule has 2 aliphatic heterocycles. The number of benzene rings is 2. The predicted octanol–water partition coefficient (Wildman–Crippen LogP) is 4.18. The molecule has 0 N–H and O–H groups in total. The Morgan fingerprint density at radius 3 is 2.27 bits per heavy atom. The van der Waals surface area contributed by atoms with Crippen molar-refractivity contribution in [2.24, 2.45) is 0 Å². The number of hydrogen-bond acceptors (Lipinski definition) is 7. The van der Waals surface area contributed by atoms with Crippen LogP contribution in [0.4, 0.5) is 10.5 Å². The number of rotatable bonds is 13. The van der Waals surface area contributed by atoms with Gasteiger partial charge in [-0.05, 0) is 36.6 Å². The number of ether oxygens (including phenoxy) is 3. The normalized spacial score (nSPS) is 17.1. The van der Waals surface area contributed by atoms with Crippen LogP contribution in [0.15, 0.2) is 36.4 Å².